The van der Waals surface area contributed by atoms with Gasteiger partial charge in [0.2, 0.25) is 5.91 Å². The molecule has 3 rings (SSSR count). The van der Waals surface area contributed by atoms with Crippen LogP contribution >= 0.6 is 0 Å². The summed E-state index contributed by atoms with van der Waals surface area (Å²) in [4.78, 5) is 17.4. The summed E-state index contributed by atoms with van der Waals surface area (Å²) in [6.45, 7) is 7.39. The van der Waals surface area contributed by atoms with Gasteiger partial charge in [0.25, 0.3) is 0 Å². The molecule has 0 spiro atoms. The minimum absolute atomic E-state index is 0.264. The van der Waals surface area contributed by atoms with Gasteiger partial charge in [-0.3, -0.25) is 9.69 Å². The van der Waals surface area contributed by atoms with Crippen LogP contribution in [0.2, 0.25) is 0 Å². The van der Waals surface area contributed by atoms with Crippen LogP contribution in [0.1, 0.15) is 58.3 Å². The van der Waals surface area contributed by atoms with Gasteiger partial charge in [-0.25, -0.2) is 0 Å². The molecule has 1 N–H and O–H groups in total. The van der Waals surface area contributed by atoms with Crippen molar-refractivity contribution in [2.75, 3.05) is 32.7 Å². The van der Waals surface area contributed by atoms with Gasteiger partial charge in [-0.2, -0.15) is 0 Å². The quantitative estimate of drug-likeness (QED) is 0.846. The van der Waals surface area contributed by atoms with E-state index in [1.54, 1.807) is 0 Å². The predicted molar refractivity (Wildman–Crippen MR) is 89.8 cm³/mol. The number of carbonyl (C=O) groups excluding carboxylic acids is 1. The van der Waals surface area contributed by atoms with Crippen LogP contribution in [0, 0.1) is 5.92 Å². The number of carbonyl (C=O) groups is 1. The maximum absolute atomic E-state index is 12.4. The van der Waals surface area contributed by atoms with E-state index < -0.39 is 0 Å². The highest BCUT2D eigenvalue weighted by Gasteiger charge is 2.34. The number of rotatable bonds is 5. The molecule has 126 valence electrons. The van der Waals surface area contributed by atoms with Crippen LogP contribution in [0.15, 0.2) is 0 Å². The van der Waals surface area contributed by atoms with E-state index in [2.05, 4.69) is 22.0 Å². The van der Waals surface area contributed by atoms with Crippen molar-refractivity contribution >= 4 is 5.91 Å². The minimum atomic E-state index is 0.264. The van der Waals surface area contributed by atoms with Crippen molar-refractivity contribution in [1.82, 2.24) is 15.1 Å². The lowest BCUT2D eigenvalue weighted by Gasteiger charge is -2.33. The van der Waals surface area contributed by atoms with Crippen LogP contribution in [0.4, 0.5) is 0 Å². The third kappa shape index (κ3) is 4.02. The van der Waals surface area contributed by atoms with E-state index in [1.165, 1.54) is 38.5 Å². The molecule has 3 aliphatic rings. The highest BCUT2D eigenvalue weighted by Crippen LogP contribution is 2.35. The third-order valence-corrected chi connectivity index (χ3v) is 6.10. The zero-order chi connectivity index (χ0) is 15.4. The average Bonchev–Trinajstić information content (AvgIpc) is 3.18. The molecule has 2 heterocycles. The molecule has 0 aromatic heterocycles. The lowest BCUT2D eigenvalue weighted by Crippen LogP contribution is -2.48. The van der Waals surface area contributed by atoms with E-state index in [0.29, 0.717) is 18.6 Å². The van der Waals surface area contributed by atoms with E-state index in [-0.39, 0.29) is 5.91 Å². The fourth-order valence-corrected chi connectivity index (χ4v) is 4.78. The Balaban J connectivity index is 1.43. The second-order valence-electron chi connectivity index (χ2n) is 7.50. The van der Waals surface area contributed by atoms with Crippen LogP contribution in [0.25, 0.3) is 0 Å². The zero-order valence-corrected chi connectivity index (χ0v) is 14.2. The molecule has 1 saturated carbocycles. The smallest absolute Gasteiger partial charge is 0.234 e. The van der Waals surface area contributed by atoms with Crippen LogP contribution in [0.5, 0.6) is 0 Å². The Morgan fingerprint density at radius 2 is 1.73 bits per heavy atom. The Kier molecular flexibility index (Phi) is 5.75. The zero-order valence-electron chi connectivity index (χ0n) is 14.2. The van der Waals surface area contributed by atoms with Gasteiger partial charge in [0.15, 0.2) is 0 Å². The summed E-state index contributed by atoms with van der Waals surface area (Å²) < 4.78 is 0. The van der Waals surface area contributed by atoms with Crippen molar-refractivity contribution in [3.63, 3.8) is 0 Å². The first-order chi connectivity index (χ1) is 10.8. The molecule has 3 fully saturated rings. The van der Waals surface area contributed by atoms with E-state index >= 15 is 0 Å². The summed E-state index contributed by atoms with van der Waals surface area (Å²) >= 11 is 0. The van der Waals surface area contributed by atoms with Gasteiger partial charge in [0, 0.05) is 25.2 Å². The molecule has 4 nitrogen and oxygen atoms in total. The van der Waals surface area contributed by atoms with Crippen LogP contribution in [-0.2, 0) is 4.79 Å². The standard InChI is InChI=1S/C18H33N3O/c1-2-20-12-9-16(10-13-20)19-18(22)14-21-11-5-8-17(21)15-6-3-4-7-15/h15-17H,2-14H2,1H3,(H,19,22)/t17-/m1/s1. The summed E-state index contributed by atoms with van der Waals surface area (Å²) in [5.41, 5.74) is 0. The summed E-state index contributed by atoms with van der Waals surface area (Å²) in [7, 11) is 0. The number of hydrogen-bond donors (Lipinski definition) is 1. The van der Waals surface area contributed by atoms with Crippen molar-refractivity contribution < 1.29 is 4.79 Å². The Hall–Kier alpha value is -0.610. The monoisotopic (exact) mass is 307 g/mol. The summed E-state index contributed by atoms with van der Waals surface area (Å²) in [6, 6.07) is 1.10. The van der Waals surface area contributed by atoms with Crippen LogP contribution < -0.4 is 5.32 Å². The van der Waals surface area contributed by atoms with Crippen molar-refractivity contribution in [3.05, 3.63) is 0 Å². The number of piperidine rings is 1. The van der Waals surface area contributed by atoms with E-state index in [1.807, 2.05) is 0 Å². The Labute approximate surface area is 135 Å². The molecule has 0 bridgehead atoms. The van der Waals surface area contributed by atoms with Gasteiger partial charge in [0.1, 0.15) is 0 Å². The Morgan fingerprint density at radius 1 is 1.00 bits per heavy atom. The number of nitrogens with zero attached hydrogens (tertiary/aromatic N) is 2. The van der Waals surface area contributed by atoms with Gasteiger partial charge in [0.05, 0.1) is 6.54 Å². The molecule has 0 radical (unpaired) electrons. The van der Waals surface area contributed by atoms with Gasteiger partial charge >= 0.3 is 0 Å². The lowest BCUT2D eigenvalue weighted by atomic mass is 9.96. The summed E-state index contributed by atoms with van der Waals surface area (Å²) in [5, 5.41) is 3.29. The maximum atomic E-state index is 12.4. The average molecular weight is 307 g/mol. The van der Waals surface area contributed by atoms with Crippen molar-refractivity contribution in [2.45, 2.75) is 70.4 Å². The number of hydrogen-bond acceptors (Lipinski definition) is 3. The SMILES string of the molecule is CCN1CCC(NC(=O)CN2CCC[C@@H]2C2CCCC2)CC1. The summed E-state index contributed by atoms with van der Waals surface area (Å²) in [6.07, 6.45) is 10.4. The van der Waals surface area contributed by atoms with Gasteiger partial charge < -0.3 is 10.2 Å². The number of amides is 1. The molecular weight excluding hydrogens is 274 g/mol. The second-order valence-corrected chi connectivity index (χ2v) is 7.50. The molecule has 1 amide bonds. The molecule has 0 aromatic rings. The van der Waals surface area contributed by atoms with E-state index in [0.717, 1.165) is 44.9 Å². The van der Waals surface area contributed by atoms with Gasteiger partial charge in [-0.15, -0.1) is 0 Å². The molecule has 2 saturated heterocycles. The molecule has 0 aromatic carbocycles. The Bertz CT molecular complexity index is 359. The lowest BCUT2D eigenvalue weighted by molar-refractivity contribution is -0.123. The molecule has 1 aliphatic carbocycles. The van der Waals surface area contributed by atoms with Crippen molar-refractivity contribution in [1.29, 1.82) is 0 Å². The van der Waals surface area contributed by atoms with Gasteiger partial charge in [-0.05, 0) is 57.5 Å². The van der Waals surface area contributed by atoms with Crippen LogP contribution in [0.3, 0.4) is 0 Å². The first-order valence-corrected chi connectivity index (χ1v) is 9.52. The molecule has 4 heteroatoms. The molecule has 1 atom stereocenters. The molecule has 2 aliphatic heterocycles. The van der Waals surface area contributed by atoms with E-state index in [4.69, 9.17) is 0 Å². The fraction of sp³-hybridized carbons (Fsp3) is 0.944. The predicted octanol–water partition coefficient (Wildman–Crippen LogP) is 2.24. The van der Waals surface area contributed by atoms with E-state index in [9.17, 15) is 4.79 Å². The second kappa shape index (κ2) is 7.78. The Morgan fingerprint density at radius 3 is 2.41 bits per heavy atom. The highest BCUT2D eigenvalue weighted by molar-refractivity contribution is 5.78. The number of likely N-dealkylation sites (tertiary alicyclic amines) is 2. The van der Waals surface area contributed by atoms with Crippen molar-refractivity contribution in [3.8, 4) is 0 Å². The first kappa shape index (κ1) is 16.3. The van der Waals surface area contributed by atoms with Crippen molar-refractivity contribution in [2.24, 2.45) is 5.92 Å². The maximum Gasteiger partial charge on any atom is 0.234 e. The normalized spacial score (nSPS) is 29.2. The molecular formula is C18H33N3O. The largest absolute Gasteiger partial charge is 0.352 e. The molecule has 22 heavy (non-hydrogen) atoms. The highest BCUT2D eigenvalue weighted by atomic mass is 16.2. The topological polar surface area (TPSA) is 35.6 Å². The fourth-order valence-electron chi connectivity index (χ4n) is 4.78. The third-order valence-electron chi connectivity index (χ3n) is 6.10. The minimum Gasteiger partial charge on any atom is -0.352 e. The first-order valence-electron chi connectivity index (χ1n) is 9.52. The summed E-state index contributed by atoms with van der Waals surface area (Å²) in [5.74, 6) is 1.13. The van der Waals surface area contributed by atoms with Crippen LogP contribution in [-0.4, -0.2) is 60.5 Å². The van der Waals surface area contributed by atoms with Gasteiger partial charge in [-0.1, -0.05) is 19.8 Å². The number of nitrogens with one attached hydrogen (secondary N) is 1. The molecule has 0 unspecified atom stereocenters.